The molecule has 2 saturated carbocycles. The number of likely N-dealkylation sites (tertiary alicyclic amines) is 1. The van der Waals surface area contributed by atoms with Crippen molar-refractivity contribution < 1.29 is 9.18 Å². The van der Waals surface area contributed by atoms with Crippen LogP contribution in [0, 0.1) is 5.82 Å². The maximum atomic E-state index is 13.2. The summed E-state index contributed by atoms with van der Waals surface area (Å²) in [4.78, 5) is 15.1. The first-order valence-electron chi connectivity index (χ1n) is 9.13. The van der Waals surface area contributed by atoms with Crippen molar-refractivity contribution in [2.45, 2.75) is 49.5 Å². The zero-order valence-electron chi connectivity index (χ0n) is 14.1. The summed E-state index contributed by atoms with van der Waals surface area (Å²) in [6.45, 7) is 1.44. The molecule has 3 aliphatic rings. The standard InChI is InChI=1S/C19H21FN4O/c20-15-5-3-14(4-6-15)19(8-9-19)18(25)23-10-7-16(11-23)24-12-17(21-22-24)13-1-2-13/h3-6,12-13,16H,1-2,7-11H2/t16-/m1/s1. The Morgan fingerprint density at radius 2 is 1.92 bits per heavy atom. The Labute approximate surface area is 145 Å². The second kappa shape index (κ2) is 5.38. The van der Waals surface area contributed by atoms with Gasteiger partial charge in [-0.2, -0.15) is 0 Å². The van der Waals surface area contributed by atoms with Gasteiger partial charge in [0.05, 0.1) is 17.2 Å². The SMILES string of the molecule is O=C(N1CC[C@@H](n2cc(C3CC3)nn2)C1)C1(c2ccc(F)cc2)CC1. The van der Waals surface area contributed by atoms with Gasteiger partial charge in [-0.05, 0) is 49.8 Å². The largest absolute Gasteiger partial charge is 0.340 e. The van der Waals surface area contributed by atoms with E-state index in [1.807, 2.05) is 9.58 Å². The molecule has 0 N–H and O–H groups in total. The van der Waals surface area contributed by atoms with Gasteiger partial charge in [-0.15, -0.1) is 5.10 Å². The average molecular weight is 340 g/mol. The maximum Gasteiger partial charge on any atom is 0.233 e. The molecule has 2 aromatic rings. The van der Waals surface area contributed by atoms with Crippen molar-refractivity contribution in [2.24, 2.45) is 0 Å². The average Bonchev–Trinajstić information content (AvgIpc) is 3.53. The number of nitrogens with zero attached hydrogens (tertiary/aromatic N) is 4. The number of amides is 1. The summed E-state index contributed by atoms with van der Waals surface area (Å²) in [7, 11) is 0. The number of carbonyl (C=O) groups excluding carboxylic acids is 1. The van der Waals surface area contributed by atoms with Crippen LogP contribution in [0.3, 0.4) is 0 Å². The van der Waals surface area contributed by atoms with E-state index in [0.717, 1.165) is 37.1 Å². The zero-order valence-corrected chi connectivity index (χ0v) is 14.1. The van der Waals surface area contributed by atoms with Gasteiger partial charge in [0.15, 0.2) is 0 Å². The van der Waals surface area contributed by atoms with Crippen LogP contribution in [-0.2, 0) is 10.2 Å². The van der Waals surface area contributed by atoms with E-state index in [2.05, 4.69) is 16.5 Å². The fraction of sp³-hybridized carbons (Fsp3) is 0.526. The summed E-state index contributed by atoms with van der Waals surface area (Å²) < 4.78 is 15.1. The lowest BCUT2D eigenvalue weighted by molar-refractivity contribution is -0.133. The van der Waals surface area contributed by atoms with E-state index in [9.17, 15) is 9.18 Å². The van der Waals surface area contributed by atoms with Crippen LogP contribution in [0.2, 0.25) is 0 Å². The first-order chi connectivity index (χ1) is 12.2. The van der Waals surface area contributed by atoms with Crippen molar-refractivity contribution in [3.05, 3.63) is 47.5 Å². The van der Waals surface area contributed by atoms with Crippen molar-refractivity contribution >= 4 is 5.91 Å². The monoisotopic (exact) mass is 340 g/mol. The molecule has 1 saturated heterocycles. The van der Waals surface area contributed by atoms with Crippen molar-refractivity contribution in [1.29, 1.82) is 0 Å². The molecule has 1 aromatic heterocycles. The highest BCUT2D eigenvalue weighted by molar-refractivity contribution is 5.91. The second-order valence-corrected chi connectivity index (χ2v) is 7.68. The third-order valence-corrected chi connectivity index (χ3v) is 5.90. The Morgan fingerprint density at radius 1 is 1.16 bits per heavy atom. The Kier molecular flexibility index (Phi) is 3.24. The normalized spacial score (nSPS) is 24.5. The molecule has 2 aliphatic carbocycles. The van der Waals surface area contributed by atoms with Crippen molar-refractivity contribution in [3.8, 4) is 0 Å². The second-order valence-electron chi connectivity index (χ2n) is 7.68. The van der Waals surface area contributed by atoms with Gasteiger partial charge in [-0.25, -0.2) is 9.07 Å². The lowest BCUT2D eigenvalue weighted by atomic mass is 9.94. The molecule has 5 rings (SSSR count). The number of rotatable bonds is 4. The summed E-state index contributed by atoms with van der Waals surface area (Å²) in [5.41, 5.74) is 1.61. The van der Waals surface area contributed by atoms with E-state index in [0.29, 0.717) is 12.5 Å². The highest BCUT2D eigenvalue weighted by Crippen LogP contribution is 2.50. The zero-order chi connectivity index (χ0) is 17.0. The van der Waals surface area contributed by atoms with Gasteiger partial charge in [0.25, 0.3) is 0 Å². The highest BCUT2D eigenvalue weighted by Gasteiger charge is 2.53. The number of benzene rings is 1. The van der Waals surface area contributed by atoms with E-state index in [1.165, 1.54) is 25.0 Å². The first-order valence-corrected chi connectivity index (χ1v) is 9.13. The molecule has 6 heteroatoms. The van der Waals surface area contributed by atoms with Crippen molar-refractivity contribution in [1.82, 2.24) is 19.9 Å². The van der Waals surface area contributed by atoms with Crippen LogP contribution in [0.4, 0.5) is 4.39 Å². The molecule has 2 heterocycles. The van der Waals surface area contributed by atoms with E-state index in [4.69, 9.17) is 0 Å². The minimum Gasteiger partial charge on any atom is -0.340 e. The number of hydrogen-bond donors (Lipinski definition) is 0. The van der Waals surface area contributed by atoms with E-state index in [-0.39, 0.29) is 17.8 Å². The number of aromatic nitrogens is 3. The molecule has 3 fully saturated rings. The minimum absolute atomic E-state index is 0.184. The fourth-order valence-corrected chi connectivity index (χ4v) is 4.00. The fourth-order valence-electron chi connectivity index (χ4n) is 4.00. The smallest absolute Gasteiger partial charge is 0.233 e. The highest BCUT2D eigenvalue weighted by atomic mass is 19.1. The predicted molar refractivity (Wildman–Crippen MR) is 89.5 cm³/mol. The maximum absolute atomic E-state index is 13.2. The molecular formula is C19H21FN4O. The van der Waals surface area contributed by atoms with Crippen molar-refractivity contribution in [2.75, 3.05) is 13.1 Å². The molecule has 1 amide bonds. The van der Waals surface area contributed by atoms with Gasteiger partial charge in [0.2, 0.25) is 5.91 Å². The Bertz CT molecular complexity index is 807. The molecule has 0 unspecified atom stereocenters. The van der Waals surface area contributed by atoms with Crippen LogP contribution in [0.25, 0.3) is 0 Å². The van der Waals surface area contributed by atoms with Gasteiger partial charge in [-0.1, -0.05) is 17.3 Å². The Hall–Kier alpha value is -2.24. The summed E-state index contributed by atoms with van der Waals surface area (Å²) in [5.74, 6) is 0.524. The Morgan fingerprint density at radius 3 is 2.60 bits per heavy atom. The van der Waals surface area contributed by atoms with E-state index in [1.54, 1.807) is 12.1 Å². The van der Waals surface area contributed by atoms with Crippen LogP contribution >= 0.6 is 0 Å². The van der Waals surface area contributed by atoms with Crippen LogP contribution in [0.15, 0.2) is 30.5 Å². The molecule has 1 aliphatic heterocycles. The van der Waals surface area contributed by atoms with E-state index < -0.39 is 5.41 Å². The lowest BCUT2D eigenvalue weighted by Gasteiger charge is -2.23. The van der Waals surface area contributed by atoms with Crippen LogP contribution < -0.4 is 0 Å². The van der Waals surface area contributed by atoms with Gasteiger partial charge < -0.3 is 4.90 Å². The Balaban J connectivity index is 1.30. The minimum atomic E-state index is -0.426. The summed E-state index contributed by atoms with van der Waals surface area (Å²) in [5, 5.41) is 8.57. The number of carbonyl (C=O) groups is 1. The van der Waals surface area contributed by atoms with Crippen LogP contribution in [-0.4, -0.2) is 38.9 Å². The molecule has 130 valence electrons. The molecule has 1 aromatic carbocycles. The third-order valence-electron chi connectivity index (χ3n) is 5.90. The first kappa shape index (κ1) is 15.0. The van der Waals surface area contributed by atoms with Crippen molar-refractivity contribution in [3.63, 3.8) is 0 Å². The number of hydrogen-bond acceptors (Lipinski definition) is 3. The third kappa shape index (κ3) is 2.55. The van der Waals surface area contributed by atoms with Crippen LogP contribution in [0.1, 0.15) is 55.3 Å². The van der Waals surface area contributed by atoms with Crippen LogP contribution in [0.5, 0.6) is 0 Å². The van der Waals surface area contributed by atoms with Gasteiger partial charge >= 0.3 is 0 Å². The van der Waals surface area contributed by atoms with E-state index >= 15 is 0 Å². The summed E-state index contributed by atoms with van der Waals surface area (Å²) >= 11 is 0. The molecule has 0 spiro atoms. The summed E-state index contributed by atoms with van der Waals surface area (Å²) in [6.07, 6.45) is 7.12. The molecule has 0 radical (unpaired) electrons. The molecule has 5 nitrogen and oxygen atoms in total. The lowest BCUT2D eigenvalue weighted by Crippen LogP contribution is -2.38. The molecular weight excluding hydrogens is 319 g/mol. The topological polar surface area (TPSA) is 51.0 Å². The molecule has 0 bridgehead atoms. The predicted octanol–water partition coefficient (Wildman–Crippen LogP) is 2.80. The molecule has 25 heavy (non-hydrogen) atoms. The van der Waals surface area contributed by atoms with Gasteiger partial charge in [-0.3, -0.25) is 4.79 Å². The number of halogens is 1. The quantitative estimate of drug-likeness (QED) is 0.860. The molecule has 1 atom stereocenters. The summed E-state index contributed by atoms with van der Waals surface area (Å²) in [6, 6.07) is 6.63. The van der Waals surface area contributed by atoms with Gasteiger partial charge in [0, 0.05) is 25.2 Å². The van der Waals surface area contributed by atoms with Gasteiger partial charge in [0.1, 0.15) is 5.82 Å².